The predicted octanol–water partition coefficient (Wildman–Crippen LogP) is 2.42. The molecule has 1 aromatic rings. The molecule has 0 bridgehead atoms. The Labute approximate surface area is 115 Å². The topological polar surface area (TPSA) is 85.1 Å². The molecule has 1 N–H and O–H groups in total. The SMILES string of the molecule is CC(CNC(=O)c1cc([N+](=O)[O-])cnc1Cl)C1CC1. The normalized spacial score (nSPS) is 15.9. The molecule has 2 rings (SSSR count). The highest BCUT2D eigenvalue weighted by Gasteiger charge is 2.28. The lowest BCUT2D eigenvalue weighted by atomic mass is 10.1. The van der Waals surface area contributed by atoms with Crippen LogP contribution in [0.3, 0.4) is 0 Å². The van der Waals surface area contributed by atoms with E-state index in [2.05, 4.69) is 17.2 Å². The van der Waals surface area contributed by atoms with Crippen molar-refractivity contribution in [1.82, 2.24) is 10.3 Å². The first-order valence-electron chi connectivity index (χ1n) is 6.07. The second-order valence-electron chi connectivity index (χ2n) is 4.81. The Morgan fingerprint density at radius 1 is 1.68 bits per heavy atom. The maximum atomic E-state index is 11.9. The molecule has 7 heteroatoms. The van der Waals surface area contributed by atoms with Gasteiger partial charge in [0.1, 0.15) is 11.3 Å². The van der Waals surface area contributed by atoms with Crippen LogP contribution < -0.4 is 5.32 Å². The van der Waals surface area contributed by atoms with Crippen LogP contribution in [0, 0.1) is 22.0 Å². The zero-order chi connectivity index (χ0) is 14.0. The highest BCUT2D eigenvalue weighted by atomic mass is 35.5. The summed E-state index contributed by atoms with van der Waals surface area (Å²) in [5, 5.41) is 13.4. The van der Waals surface area contributed by atoms with Gasteiger partial charge in [0, 0.05) is 12.6 Å². The van der Waals surface area contributed by atoms with Crippen LogP contribution in [0.15, 0.2) is 12.3 Å². The minimum Gasteiger partial charge on any atom is -0.352 e. The molecule has 0 saturated heterocycles. The number of nitrogens with zero attached hydrogens (tertiary/aromatic N) is 2. The number of hydrogen-bond acceptors (Lipinski definition) is 4. The molecule has 1 amide bonds. The molecule has 1 fully saturated rings. The Balaban J connectivity index is 2.04. The number of carbonyl (C=O) groups excluding carboxylic acids is 1. The molecule has 1 saturated carbocycles. The van der Waals surface area contributed by atoms with E-state index in [9.17, 15) is 14.9 Å². The molecule has 1 aromatic heterocycles. The molecule has 102 valence electrons. The fourth-order valence-corrected chi connectivity index (χ4v) is 2.07. The number of hydrogen-bond donors (Lipinski definition) is 1. The third kappa shape index (κ3) is 3.41. The number of pyridine rings is 1. The molecule has 1 aliphatic carbocycles. The van der Waals surface area contributed by atoms with Crippen molar-refractivity contribution in [2.45, 2.75) is 19.8 Å². The van der Waals surface area contributed by atoms with Gasteiger partial charge in [0.2, 0.25) is 0 Å². The summed E-state index contributed by atoms with van der Waals surface area (Å²) in [6, 6.07) is 1.15. The maximum absolute atomic E-state index is 11.9. The Hall–Kier alpha value is -1.69. The predicted molar refractivity (Wildman–Crippen MR) is 70.1 cm³/mol. The van der Waals surface area contributed by atoms with Gasteiger partial charge in [0.15, 0.2) is 0 Å². The molecule has 1 unspecified atom stereocenters. The molecule has 0 aliphatic heterocycles. The third-order valence-corrected chi connectivity index (χ3v) is 3.59. The number of aromatic nitrogens is 1. The van der Waals surface area contributed by atoms with Gasteiger partial charge in [-0.25, -0.2) is 4.98 Å². The van der Waals surface area contributed by atoms with E-state index in [-0.39, 0.29) is 16.4 Å². The Morgan fingerprint density at radius 3 is 2.95 bits per heavy atom. The van der Waals surface area contributed by atoms with Crippen molar-refractivity contribution in [1.29, 1.82) is 0 Å². The molecule has 6 nitrogen and oxygen atoms in total. The Bertz CT molecular complexity index is 517. The molecule has 1 atom stereocenters. The summed E-state index contributed by atoms with van der Waals surface area (Å²) in [4.78, 5) is 25.6. The zero-order valence-corrected chi connectivity index (χ0v) is 11.2. The van der Waals surface area contributed by atoms with Crippen molar-refractivity contribution in [3.63, 3.8) is 0 Å². The summed E-state index contributed by atoms with van der Waals surface area (Å²) in [6.07, 6.45) is 3.44. The summed E-state index contributed by atoms with van der Waals surface area (Å²) in [5.74, 6) is 0.669. The number of halogens is 1. The van der Waals surface area contributed by atoms with E-state index >= 15 is 0 Å². The Kier molecular flexibility index (Phi) is 3.99. The average molecular weight is 284 g/mol. The summed E-state index contributed by atoms with van der Waals surface area (Å²) in [6.45, 7) is 2.62. The first-order chi connectivity index (χ1) is 8.99. The summed E-state index contributed by atoms with van der Waals surface area (Å²) < 4.78 is 0. The average Bonchev–Trinajstić information content (AvgIpc) is 3.20. The van der Waals surface area contributed by atoms with Crippen LogP contribution in [-0.4, -0.2) is 22.4 Å². The molecule has 19 heavy (non-hydrogen) atoms. The van der Waals surface area contributed by atoms with Crippen molar-refractivity contribution in [2.75, 3.05) is 6.54 Å². The van der Waals surface area contributed by atoms with E-state index in [0.29, 0.717) is 18.4 Å². The minimum absolute atomic E-state index is 0.0258. The van der Waals surface area contributed by atoms with E-state index in [0.717, 1.165) is 12.3 Å². The highest BCUT2D eigenvalue weighted by Crippen LogP contribution is 2.36. The van der Waals surface area contributed by atoms with Gasteiger partial charge in [-0.15, -0.1) is 0 Å². The second-order valence-corrected chi connectivity index (χ2v) is 5.17. The van der Waals surface area contributed by atoms with E-state index in [4.69, 9.17) is 11.6 Å². The molecule has 0 radical (unpaired) electrons. The zero-order valence-electron chi connectivity index (χ0n) is 10.4. The standard InChI is InChI=1S/C12H14ClN3O3/c1-7(8-2-3-8)5-15-12(17)10-4-9(16(18)19)6-14-11(10)13/h4,6-8H,2-3,5H2,1H3,(H,15,17). The van der Waals surface area contributed by atoms with Crippen LogP contribution in [0.5, 0.6) is 0 Å². The van der Waals surface area contributed by atoms with E-state index < -0.39 is 10.8 Å². The Morgan fingerprint density at radius 2 is 2.37 bits per heavy atom. The summed E-state index contributed by atoms with van der Waals surface area (Å²) >= 11 is 5.79. The van der Waals surface area contributed by atoms with Crippen LogP contribution in [0.2, 0.25) is 5.15 Å². The lowest BCUT2D eigenvalue weighted by Gasteiger charge is -2.11. The van der Waals surface area contributed by atoms with Gasteiger partial charge in [-0.2, -0.15) is 0 Å². The van der Waals surface area contributed by atoms with Crippen LogP contribution in [-0.2, 0) is 0 Å². The number of rotatable bonds is 5. The fraction of sp³-hybridized carbons (Fsp3) is 0.500. The molecular formula is C12H14ClN3O3. The van der Waals surface area contributed by atoms with Gasteiger partial charge in [0.25, 0.3) is 11.6 Å². The van der Waals surface area contributed by atoms with Crippen molar-refractivity contribution >= 4 is 23.2 Å². The fourth-order valence-electron chi connectivity index (χ4n) is 1.88. The van der Waals surface area contributed by atoms with Crippen molar-refractivity contribution < 1.29 is 9.72 Å². The van der Waals surface area contributed by atoms with E-state index in [1.54, 1.807) is 0 Å². The van der Waals surface area contributed by atoms with E-state index in [1.807, 2.05) is 0 Å². The van der Waals surface area contributed by atoms with Crippen molar-refractivity contribution in [3.8, 4) is 0 Å². The largest absolute Gasteiger partial charge is 0.352 e. The van der Waals surface area contributed by atoms with Gasteiger partial charge in [-0.3, -0.25) is 14.9 Å². The van der Waals surface area contributed by atoms with Gasteiger partial charge >= 0.3 is 0 Å². The monoisotopic (exact) mass is 283 g/mol. The van der Waals surface area contributed by atoms with Gasteiger partial charge in [0.05, 0.1) is 10.5 Å². The van der Waals surface area contributed by atoms with Crippen LogP contribution in [0.4, 0.5) is 5.69 Å². The van der Waals surface area contributed by atoms with Crippen LogP contribution in [0.1, 0.15) is 30.1 Å². The van der Waals surface area contributed by atoms with Gasteiger partial charge in [-0.05, 0) is 24.7 Å². The first kappa shape index (κ1) is 13.7. The molecule has 0 spiro atoms. The number of carbonyl (C=O) groups is 1. The molecular weight excluding hydrogens is 270 g/mol. The smallest absolute Gasteiger partial charge is 0.288 e. The number of nitrogens with one attached hydrogen (secondary N) is 1. The maximum Gasteiger partial charge on any atom is 0.288 e. The summed E-state index contributed by atoms with van der Waals surface area (Å²) in [5.41, 5.74) is -0.205. The van der Waals surface area contributed by atoms with Crippen LogP contribution >= 0.6 is 11.6 Å². The van der Waals surface area contributed by atoms with Crippen molar-refractivity contribution in [3.05, 3.63) is 33.1 Å². The molecule has 1 aliphatic rings. The van der Waals surface area contributed by atoms with E-state index in [1.165, 1.54) is 12.8 Å². The van der Waals surface area contributed by atoms with Gasteiger partial charge < -0.3 is 5.32 Å². The second kappa shape index (κ2) is 5.52. The highest BCUT2D eigenvalue weighted by molar-refractivity contribution is 6.32. The van der Waals surface area contributed by atoms with Gasteiger partial charge in [-0.1, -0.05) is 18.5 Å². The quantitative estimate of drug-likeness (QED) is 0.511. The third-order valence-electron chi connectivity index (χ3n) is 3.29. The molecule has 1 heterocycles. The first-order valence-corrected chi connectivity index (χ1v) is 6.45. The lowest BCUT2D eigenvalue weighted by Crippen LogP contribution is -2.29. The summed E-state index contributed by atoms with van der Waals surface area (Å²) in [7, 11) is 0. The van der Waals surface area contributed by atoms with Crippen LogP contribution in [0.25, 0.3) is 0 Å². The number of nitro groups is 1. The lowest BCUT2D eigenvalue weighted by molar-refractivity contribution is -0.385. The number of amides is 1. The minimum atomic E-state index is -0.604. The van der Waals surface area contributed by atoms with Crippen molar-refractivity contribution in [2.24, 2.45) is 11.8 Å². The molecule has 0 aromatic carbocycles.